The number of benzene rings is 3. The summed E-state index contributed by atoms with van der Waals surface area (Å²) in [7, 11) is -1.93. The molecule has 1 heterocycles. The molecule has 9 nitrogen and oxygen atoms in total. The van der Waals surface area contributed by atoms with Gasteiger partial charge in [-0.25, -0.2) is 17.6 Å². The summed E-state index contributed by atoms with van der Waals surface area (Å²) < 4.78 is 50.8. The molecular weight excluding hydrogens is 559 g/mol. The van der Waals surface area contributed by atoms with Gasteiger partial charge in [0.25, 0.3) is 0 Å². The van der Waals surface area contributed by atoms with E-state index in [9.17, 15) is 17.6 Å². The minimum Gasteiger partial charge on any atom is -0.494 e. The van der Waals surface area contributed by atoms with Crippen LogP contribution in [0.2, 0.25) is 0 Å². The number of urea groups is 1. The lowest BCUT2D eigenvalue weighted by Crippen LogP contribution is -2.49. The van der Waals surface area contributed by atoms with E-state index in [0.717, 1.165) is 57.1 Å². The van der Waals surface area contributed by atoms with Crippen molar-refractivity contribution in [2.24, 2.45) is 0 Å². The number of ether oxygens (including phenoxy) is 2. The van der Waals surface area contributed by atoms with Gasteiger partial charge in [0.2, 0.25) is 10.0 Å². The molecule has 0 aliphatic carbocycles. The van der Waals surface area contributed by atoms with Crippen molar-refractivity contribution in [1.29, 1.82) is 0 Å². The summed E-state index contributed by atoms with van der Waals surface area (Å²) in [4.78, 5) is 17.5. The van der Waals surface area contributed by atoms with Gasteiger partial charge in [0.05, 0.1) is 19.1 Å². The Morgan fingerprint density at radius 3 is 2.26 bits per heavy atom. The van der Waals surface area contributed by atoms with Crippen LogP contribution < -0.4 is 19.5 Å². The Morgan fingerprint density at radius 1 is 1.02 bits per heavy atom. The van der Waals surface area contributed by atoms with Crippen molar-refractivity contribution >= 4 is 27.4 Å². The number of carbonyl (C=O) groups is 1. The highest BCUT2D eigenvalue weighted by molar-refractivity contribution is 7.92. The lowest BCUT2D eigenvalue weighted by molar-refractivity contribution is 0.122. The van der Waals surface area contributed by atoms with Crippen LogP contribution in [0.25, 0.3) is 0 Å². The van der Waals surface area contributed by atoms with E-state index in [1.807, 2.05) is 29.2 Å². The first-order valence-corrected chi connectivity index (χ1v) is 16.0. The summed E-state index contributed by atoms with van der Waals surface area (Å²) in [6.45, 7) is 5.19. The number of piperidine rings is 1. The van der Waals surface area contributed by atoms with Gasteiger partial charge in [-0.15, -0.1) is 0 Å². The number of nitrogens with zero attached hydrogens (tertiary/aromatic N) is 2. The second-order valence-electron chi connectivity index (χ2n) is 10.5. The predicted molar refractivity (Wildman–Crippen MR) is 163 cm³/mol. The van der Waals surface area contributed by atoms with E-state index in [2.05, 4.69) is 21.9 Å². The molecule has 11 heteroatoms. The van der Waals surface area contributed by atoms with Crippen molar-refractivity contribution in [3.05, 3.63) is 78.1 Å². The van der Waals surface area contributed by atoms with Crippen molar-refractivity contribution in [1.82, 2.24) is 9.80 Å². The molecule has 3 aromatic carbocycles. The van der Waals surface area contributed by atoms with Gasteiger partial charge in [-0.05, 0) is 73.4 Å². The molecule has 42 heavy (non-hydrogen) atoms. The highest BCUT2D eigenvalue weighted by Crippen LogP contribution is 2.27. The van der Waals surface area contributed by atoms with Crippen molar-refractivity contribution in [2.75, 3.05) is 43.0 Å². The molecule has 0 spiro atoms. The Kier molecular flexibility index (Phi) is 10.6. The van der Waals surface area contributed by atoms with Gasteiger partial charge in [0, 0.05) is 37.9 Å². The number of likely N-dealkylation sites (tertiary alicyclic amines) is 1. The van der Waals surface area contributed by atoms with Gasteiger partial charge in [0.1, 0.15) is 11.5 Å². The molecule has 0 saturated carbocycles. The van der Waals surface area contributed by atoms with Crippen LogP contribution in [0.1, 0.15) is 38.2 Å². The molecule has 1 fully saturated rings. The fraction of sp³-hybridized carbons (Fsp3) is 0.387. The first-order valence-electron chi connectivity index (χ1n) is 14.1. The van der Waals surface area contributed by atoms with Crippen LogP contribution in [0.5, 0.6) is 17.2 Å². The van der Waals surface area contributed by atoms with Crippen LogP contribution in [-0.2, 0) is 16.6 Å². The maximum Gasteiger partial charge on any atom is 0.322 e. The molecule has 0 atom stereocenters. The molecule has 2 N–H and O–H groups in total. The summed E-state index contributed by atoms with van der Waals surface area (Å²) in [5, 5.41) is 2.76. The predicted octanol–water partition coefficient (Wildman–Crippen LogP) is 6.30. The van der Waals surface area contributed by atoms with Crippen LogP contribution in [-0.4, -0.2) is 63.3 Å². The van der Waals surface area contributed by atoms with E-state index < -0.39 is 15.8 Å². The Bertz CT molecular complexity index is 1430. The van der Waals surface area contributed by atoms with Gasteiger partial charge >= 0.3 is 6.03 Å². The molecule has 1 saturated heterocycles. The number of nitrogens with one attached hydrogen (secondary N) is 2. The molecule has 4 rings (SSSR count). The summed E-state index contributed by atoms with van der Waals surface area (Å²) in [5.41, 5.74) is 1.75. The van der Waals surface area contributed by atoms with Crippen molar-refractivity contribution in [2.45, 2.75) is 45.2 Å². The van der Waals surface area contributed by atoms with Crippen LogP contribution in [0.4, 0.5) is 20.6 Å². The van der Waals surface area contributed by atoms with E-state index in [-0.39, 0.29) is 23.5 Å². The number of methoxy groups -OCH3 is 1. The maximum atomic E-state index is 14.7. The number of halogens is 1. The quantitative estimate of drug-likeness (QED) is 0.254. The fourth-order valence-electron chi connectivity index (χ4n) is 4.98. The summed E-state index contributed by atoms with van der Waals surface area (Å²) in [6, 6.07) is 19.1. The number of anilines is 2. The van der Waals surface area contributed by atoms with Crippen LogP contribution >= 0.6 is 0 Å². The normalized spacial score (nSPS) is 14.3. The summed E-state index contributed by atoms with van der Waals surface area (Å²) in [6.07, 6.45) is 4.62. The van der Waals surface area contributed by atoms with Crippen LogP contribution in [0.15, 0.2) is 66.7 Å². The molecule has 2 amide bonds. The smallest absolute Gasteiger partial charge is 0.322 e. The van der Waals surface area contributed by atoms with Gasteiger partial charge in [0.15, 0.2) is 11.6 Å². The minimum atomic E-state index is -3.33. The topological polar surface area (TPSA) is 100 Å². The van der Waals surface area contributed by atoms with E-state index >= 15 is 0 Å². The van der Waals surface area contributed by atoms with Crippen molar-refractivity contribution in [3.8, 4) is 17.2 Å². The van der Waals surface area contributed by atoms with Gasteiger partial charge in [-0.1, -0.05) is 31.5 Å². The molecule has 1 aliphatic rings. The molecule has 0 radical (unpaired) electrons. The zero-order valence-electron chi connectivity index (χ0n) is 24.3. The second-order valence-corrected chi connectivity index (χ2v) is 12.2. The zero-order chi connectivity index (χ0) is 30.1. The van der Waals surface area contributed by atoms with Crippen molar-refractivity contribution in [3.63, 3.8) is 0 Å². The third-order valence-corrected chi connectivity index (χ3v) is 7.77. The molecule has 0 aromatic heterocycles. The Morgan fingerprint density at radius 2 is 1.67 bits per heavy atom. The monoisotopic (exact) mass is 598 g/mol. The maximum absolute atomic E-state index is 14.7. The number of hydrogen-bond donors (Lipinski definition) is 2. The number of unbranched alkanes of at least 4 members (excludes halogenated alkanes) is 1. The van der Waals surface area contributed by atoms with Crippen LogP contribution in [0.3, 0.4) is 0 Å². The number of amides is 2. The molecule has 226 valence electrons. The average molecular weight is 599 g/mol. The Balaban J connectivity index is 1.29. The first kappa shape index (κ1) is 31.1. The van der Waals surface area contributed by atoms with Gasteiger partial charge in [-0.3, -0.25) is 9.62 Å². The highest BCUT2D eigenvalue weighted by atomic mass is 32.2. The van der Waals surface area contributed by atoms with Gasteiger partial charge in [-0.2, -0.15) is 0 Å². The summed E-state index contributed by atoms with van der Waals surface area (Å²) in [5.74, 6) is 0.815. The standard InChI is InChI=1S/C31H39FN4O5S/c1-4-5-19-36(31(37)33-28-7-6-8-29(40-2)30(28)32)25-17-20-35(21-18-25)22-23-9-13-26(14-10-23)41-27-15-11-24(12-16-27)34-42(3,38)39/h6-16,25,34H,4-5,17-22H2,1-3H3,(H,33,37). The number of rotatable bonds is 12. The lowest BCUT2D eigenvalue weighted by Gasteiger charge is -2.38. The minimum absolute atomic E-state index is 0.0799. The number of carbonyl (C=O) groups excluding carboxylic acids is 1. The third-order valence-electron chi connectivity index (χ3n) is 7.16. The zero-order valence-corrected chi connectivity index (χ0v) is 25.1. The highest BCUT2D eigenvalue weighted by Gasteiger charge is 2.28. The summed E-state index contributed by atoms with van der Waals surface area (Å²) >= 11 is 0. The molecule has 0 unspecified atom stereocenters. The molecule has 1 aliphatic heterocycles. The van der Waals surface area contributed by atoms with Crippen molar-refractivity contribution < 1.29 is 27.1 Å². The lowest BCUT2D eigenvalue weighted by atomic mass is 10.0. The fourth-order valence-corrected chi connectivity index (χ4v) is 5.55. The molecular formula is C31H39FN4O5S. The number of sulfonamides is 1. The van der Waals surface area contributed by atoms with Crippen LogP contribution in [0, 0.1) is 5.82 Å². The second kappa shape index (κ2) is 14.4. The largest absolute Gasteiger partial charge is 0.494 e. The van der Waals surface area contributed by atoms with E-state index in [0.29, 0.717) is 23.7 Å². The Labute approximate surface area is 247 Å². The third kappa shape index (κ3) is 8.83. The SMILES string of the molecule is CCCCN(C(=O)Nc1cccc(OC)c1F)C1CCN(Cc2ccc(Oc3ccc(NS(C)(=O)=O)cc3)cc2)CC1. The first-order chi connectivity index (χ1) is 20.1. The Hall–Kier alpha value is -3.83. The number of hydrogen-bond acceptors (Lipinski definition) is 6. The average Bonchev–Trinajstić information content (AvgIpc) is 2.96. The molecule has 0 bridgehead atoms. The molecule has 3 aromatic rings. The van der Waals surface area contributed by atoms with Gasteiger partial charge < -0.3 is 19.7 Å². The van der Waals surface area contributed by atoms with E-state index in [4.69, 9.17) is 9.47 Å². The van der Waals surface area contributed by atoms with E-state index in [1.165, 1.54) is 13.2 Å². The van der Waals surface area contributed by atoms with E-state index in [1.54, 1.807) is 36.4 Å².